The van der Waals surface area contributed by atoms with Crippen molar-refractivity contribution in [1.29, 1.82) is 0 Å². The molecular formula is C25H30N4O5. The molecule has 0 aliphatic rings. The SMILES string of the molecule is CC(C)CN(CC(C)C)C(=O)COC(=O)c1cc(-c2ccccc2)nc2c1c(=O)[nH]c(=O)n2C. The third-order valence-corrected chi connectivity index (χ3v) is 5.21. The van der Waals surface area contributed by atoms with Crippen molar-refractivity contribution in [3.8, 4) is 11.3 Å². The topological polar surface area (TPSA) is 114 Å². The second-order valence-corrected chi connectivity index (χ2v) is 9.10. The van der Waals surface area contributed by atoms with Gasteiger partial charge in [-0.2, -0.15) is 0 Å². The normalized spacial score (nSPS) is 11.3. The van der Waals surface area contributed by atoms with Crippen molar-refractivity contribution in [1.82, 2.24) is 19.4 Å². The van der Waals surface area contributed by atoms with Crippen LogP contribution in [0.25, 0.3) is 22.3 Å². The van der Waals surface area contributed by atoms with Crippen LogP contribution in [0.1, 0.15) is 38.1 Å². The maximum Gasteiger partial charge on any atom is 0.339 e. The van der Waals surface area contributed by atoms with Crippen LogP contribution in [-0.2, 0) is 16.6 Å². The second-order valence-electron chi connectivity index (χ2n) is 9.10. The Balaban J connectivity index is 2.00. The molecule has 0 bridgehead atoms. The van der Waals surface area contributed by atoms with Crippen molar-refractivity contribution >= 4 is 22.9 Å². The summed E-state index contributed by atoms with van der Waals surface area (Å²) in [7, 11) is 1.46. The van der Waals surface area contributed by atoms with Gasteiger partial charge in [0.2, 0.25) is 0 Å². The second kappa shape index (κ2) is 10.5. The summed E-state index contributed by atoms with van der Waals surface area (Å²) < 4.78 is 6.52. The van der Waals surface area contributed by atoms with Gasteiger partial charge in [-0.3, -0.25) is 19.1 Å². The number of pyridine rings is 1. The number of carbonyl (C=O) groups is 2. The molecule has 1 amide bonds. The predicted octanol–water partition coefficient (Wildman–Crippen LogP) is 2.59. The van der Waals surface area contributed by atoms with Gasteiger partial charge in [0, 0.05) is 25.7 Å². The summed E-state index contributed by atoms with van der Waals surface area (Å²) in [5.41, 5.74) is -0.314. The number of esters is 1. The minimum Gasteiger partial charge on any atom is -0.452 e. The lowest BCUT2D eigenvalue weighted by Crippen LogP contribution is -2.39. The fourth-order valence-electron chi connectivity index (χ4n) is 3.71. The number of aromatic nitrogens is 3. The quantitative estimate of drug-likeness (QED) is 0.511. The highest BCUT2D eigenvalue weighted by Crippen LogP contribution is 2.23. The number of fused-ring (bicyclic) bond motifs is 1. The van der Waals surface area contributed by atoms with E-state index in [0.717, 1.165) is 4.57 Å². The monoisotopic (exact) mass is 466 g/mol. The molecule has 3 aromatic rings. The summed E-state index contributed by atoms with van der Waals surface area (Å²) in [5.74, 6) is -0.624. The van der Waals surface area contributed by atoms with E-state index in [-0.39, 0.29) is 34.3 Å². The minimum absolute atomic E-state index is 0.0506. The maximum atomic E-state index is 13.1. The highest BCUT2D eigenvalue weighted by molar-refractivity contribution is 6.04. The van der Waals surface area contributed by atoms with Gasteiger partial charge in [0.15, 0.2) is 12.3 Å². The van der Waals surface area contributed by atoms with Crippen molar-refractivity contribution < 1.29 is 14.3 Å². The zero-order chi connectivity index (χ0) is 25.0. The van der Waals surface area contributed by atoms with Crippen LogP contribution < -0.4 is 11.2 Å². The molecule has 0 aliphatic heterocycles. The smallest absolute Gasteiger partial charge is 0.339 e. The van der Waals surface area contributed by atoms with Gasteiger partial charge in [-0.25, -0.2) is 14.6 Å². The summed E-state index contributed by atoms with van der Waals surface area (Å²) in [6, 6.07) is 10.5. The van der Waals surface area contributed by atoms with Crippen LogP contribution in [-0.4, -0.2) is 51.0 Å². The maximum absolute atomic E-state index is 13.1. The van der Waals surface area contributed by atoms with E-state index in [2.05, 4.69) is 9.97 Å². The van der Waals surface area contributed by atoms with E-state index in [0.29, 0.717) is 24.3 Å². The van der Waals surface area contributed by atoms with Crippen LogP contribution in [0.3, 0.4) is 0 Å². The molecule has 0 atom stereocenters. The van der Waals surface area contributed by atoms with E-state index in [9.17, 15) is 19.2 Å². The third-order valence-electron chi connectivity index (χ3n) is 5.21. The first-order valence-corrected chi connectivity index (χ1v) is 11.2. The molecule has 0 spiro atoms. The molecule has 0 radical (unpaired) electrons. The molecule has 0 unspecified atom stereocenters. The number of ether oxygens (including phenoxy) is 1. The number of rotatable bonds is 8. The molecule has 2 heterocycles. The Bertz CT molecular complexity index is 1300. The zero-order valence-electron chi connectivity index (χ0n) is 20.1. The van der Waals surface area contributed by atoms with Crippen LogP contribution in [0.2, 0.25) is 0 Å². The molecule has 0 saturated heterocycles. The van der Waals surface area contributed by atoms with Crippen LogP contribution in [0.15, 0.2) is 46.0 Å². The van der Waals surface area contributed by atoms with Crippen molar-refractivity contribution in [3.63, 3.8) is 0 Å². The van der Waals surface area contributed by atoms with Crippen molar-refractivity contribution in [2.24, 2.45) is 18.9 Å². The molecule has 34 heavy (non-hydrogen) atoms. The van der Waals surface area contributed by atoms with Crippen LogP contribution in [0, 0.1) is 11.8 Å². The van der Waals surface area contributed by atoms with Gasteiger partial charge in [0.1, 0.15) is 0 Å². The van der Waals surface area contributed by atoms with Crippen molar-refractivity contribution in [2.45, 2.75) is 27.7 Å². The molecule has 0 fully saturated rings. The molecule has 1 aromatic carbocycles. The summed E-state index contributed by atoms with van der Waals surface area (Å²) >= 11 is 0. The van der Waals surface area contributed by atoms with Gasteiger partial charge in [-0.05, 0) is 17.9 Å². The van der Waals surface area contributed by atoms with Crippen LogP contribution in [0.4, 0.5) is 0 Å². The molecule has 9 heteroatoms. The van der Waals surface area contributed by atoms with Crippen molar-refractivity contribution in [3.05, 3.63) is 62.8 Å². The minimum atomic E-state index is -0.837. The Morgan fingerprint density at radius 3 is 2.26 bits per heavy atom. The Labute approximate surface area is 197 Å². The number of carbonyl (C=O) groups excluding carboxylic acids is 2. The Morgan fingerprint density at radius 2 is 1.68 bits per heavy atom. The number of nitrogens with zero attached hydrogens (tertiary/aromatic N) is 3. The van der Waals surface area contributed by atoms with E-state index in [4.69, 9.17) is 4.74 Å². The van der Waals surface area contributed by atoms with Gasteiger partial charge >= 0.3 is 11.7 Å². The number of aryl methyl sites for hydroxylation is 1. The van der Waals surface area contributed by atoms with Gasteiger partial charge < -0.3 is 9.64 Å². The molecular weight excluding hydrogens is 436 g/mol. The van der Waals surface area contributed by atoms with Gasteiger partial charge in [-0.1, -0.05) is 58.0 Å². The first-order valence-electron chi connectivity index (χ1n) is 11.2. The number of hydrogen-bond donors (Lipinski definition) is 1. The lowest BCUT2D eigenvalue weighted by molar-refractivity contribution is -0.135. The average molecular weight is 467 g/mol. The predicted molar refractivity (Wildman–Crippen MR) is 130 cm³/mol. The standard InChI is InChI=1S/C25H30N4O5/c1-15(2)12-29(13-16(3)4)20(30)14-34-24(32)18-11-19(17-9-7-6-8-10-17)26-22-21(18)23(31)27-25(33)28(22)5/h6-11,15-16H,12-14H2,1-5H3,(H,27,31,33). The summed E-state index contributed by atoms with van der Waals surface area (Å²) in [4.78, 5) is 59.0. The molecule has 9 nitrogen and oxygen atoms in total. The average Bonchev–Trinajstić information content (AvgIpc) is 2.79. The molecule has 1 N–H and O–H groups in total. The van der Waals surface area contributed by atoms with Crippen molar-refractivity contribution in [2.75, 3.05) is 19.7 Å². The highest BCUT2D eigenvalue weighted by Gasteiger charge is 2.23. The molecule has 2 aromatic heterocycles. The number of amides is 1. The van der Waals surface area contributed by atoms with Gasteiger partial charge in [0.25, 0.3) is 11.5 Å². The Kier molecular flexibility index (Phi) is 7.65. The summed E-state index contributed by atoms with van der Waals surface area (Å²) in [6.07, 6.45) is 0. The lowest BCUT2D eigenvalue weighted by atomic mass is 10.1. The van der Waals surface area contributed by atoms with Crippen LogP contribution >= 0.6 is 0 Å². The zero-order valence-corrected chi connectivity index (χ0v) is 20.1. The van der Waals surface area contributed by atoms with E-state index >= 15 is 0 Å². The number of hydrogen-bond acceptors (Lipinski definition) is 6. The number of benzene rings is 1. The first-order chi connectivity index (χ1) is 16.1. The molecule has 0 aliphatic carbocycles. The lowest BCUT2D eigenvalue weighted by Gasteiger charge is -2.26. The summed E-state index contributed by atoms with van der Waals surface area (Å²) in [6.45, 7) is 8.69. The van der Waals surface area contributed by atoms with Gasteiger partial charge in [0.05, 0.1) is 16.6 Å². The van der Waals surface area contributed by atoms with E-state index in [1.165, 1.54) is 13.1 Å². The molecule has 180 valence electrons. The third kappa shape index (κ3) is 5.59. The molecule has 3 rings (SSSR count). The fraction of sp³-hybridized carbons (Fsp3) is 0.400. The van der Waals surface area contributed by atoms with E-state index < -0.39 is 23.8 Å². The number of nitrogens with one attached hydrogen (secondary N) is 1. The fourth-order valence-corrected chi connectivity index (χ4v) is 3.71. The van der Waals surface area contributed by atoms with E-state index in [1.54, 1.807) is 17.0 Å². The summed E-state index contributed by atoms with van der Waals surface area (Å²) in [5, 5.41) is -0.0690. The van der Waals surface area contributed by atoms with Gasteiger partial charge in [-0.15, -0.1) is 0 Å². The Hall–Kier alpha value is -3.75. The van der Waals surface area contributed by atoms with E-state index in [1.807, 2.05) is 45.9 Å². The number of aromatic amines is 1. The Morgan fingerprint density at radius 1 is 1.06 bits per heavy atom. The first kappa shape index (κ1) is 24.9. The highest BCUT2D eigenvalue weighted by atomic mass is 16.5. The van der Waals surface area contributed by atoms with Crippen LogP contribution in [0.5, 0.6) is 0 Å². The largest absolute Gasteiger partial charge is 0.452 e. The molecule has 0 saturated carbocycles. The number of H-pyrrole nitrogens is 1.